The van der Waals surface area contributed by atoms with Crippen molar-refractivity contribution in [2.24, 2.45) is 0 Å². The molecule has 0 aromatic rings. The molecule has 0 saturated carbocycles. The van der Waals surface area contributed by atoms with E-state index in [2.05, 4.69) is 0 Å². The van der Waals surface area contributed by atoms with E-state index in [1.807, 2.05) is 0 Å². The van der Waals surface area contributed by atoms with Gasteiger partial charge in [0.25, 0.3) is 0 Å². The molecule has 6 heavy (non-hydrogen) atoms. The molecule has 0 unspecified atom stereocenters. The maximum absolute atomic E-state index is 0. The summed E-state index contributed by atoms with van der Waals surface area (Å²) in [6, 6.07) is 0. The molecule has 0 atom stereocenters. The molecule has 0 rings (SSSR count). The first kappa shape index (κ1) is 59.1. The Morgan fingerprint density at radius 3 is 1.00 bits per heavy atom. The molecule has 0 spiro atoms. The molecule has 0 amide bonds. The zero-order valence-corrected chi connectivity index (χ0v) is 10.8. The Labute approximate surface area is 109 Å². The maximum atomic E-state index is 0. The fourth-order valence-electron chi connectivity index (χ4n) is 0. The Morgan fingerprint density at radius 2 is 1.00 bits per heavy atom. The molecule has 32 valence electrons. The smallest absolute Gasteiger partial charge is 0.0149 e. The van der Waals surface area contributed by atoms with E-state index in [1.165, 1.54) is 0 Å². The van der Waals surface area contributed by atoms with Crippen LogP contribution in [0.2, 0.25) is 0 Å². The number of hydrogen-bond acceptors (Lipinski definition) is 0. The van der Waals surface area contributed by atoms with Crippen molar-refractivity contribution in [1.29, 1.82) is 0 Å². The van der Waals surface area contributed by atoms with Gasteiger partial charge in [0.1, 0.15) is 0 Å². The fourth-order valence-corrected chi connectivity index (χ4v) is 0. The first-order valence-corrected chi connectivity index (χ1v) is 0. The minimum Gasteiger partial charge on any atom is -0.0149 e. The van der Waals surface area contributed by atoms with E-state index in [0.717, 1.165) is 0 Å². The molecule has 0 bridgehead atoms. The van der Waals surface area contributed by atoms with Crippen LogP contribution in [0.5, 0.6) is 0 Å². The Morgan fingerprint density at radius 1 is 1.00 bits per heavy atom. The standard InChI is InChI=1S/BH3.Cr.Hf.H4Si.Ti.Zr/h1H3;;;1H4;;. The molecule has 0 aromatic heterocycles. The summed E-state index contributed by atoms with van der Waals surface area (Å²) in [5.74, 6) is 0. The van der Waals surface area contributed by atoms with Crippen LogP contribution in [-0.4, -0.2) is 19.4 Å². The molecule has 0 heterocycles. The van der Waals surface area contributed by atoms with Gasteiger partial charge in [-0.05, 0) is 11.0 Å². The minimum absolute atomic E-state index is 0. The van der Waals surface area contributed by atoms with Crippen LogP contribution in [0.1, 0.15) is 0 Å². The number of hydrogen-bond donors (Lipinski definition) is 0. The summed E-state index contributed by atoms with van der Waals surface area (Å²) in [6.45, 7) is 0. The van der Waals surface area contributed by atoms with Crippen LogP contribution in [0.25, 0.3) is 0 Å². The molecule has 0 aliphatic carbocycles. The van der Waals surface area contributed by atoms with E-state index in [0.29, 0.717) is 0 Å². The van der Waals surface area contributed by atoms with Gasteiger partial charge in [-0.25, -0.2) is 0 Å². The van der Waals surface area contributed by atoms with Gasteiger partial charge in [0.05, 0.1) is 8.41 Å². The fraction of sp³-hybridized carbons (Fsp3) is 0. The predicted molar refractivity (Wildman–Crippen MR) is 21.3 cm³/mol. The average Bonchev–Trinajstić information content (AvgIpc) is 0. The molecule has 0 aliphatic rings. The Balaban J connectivity index is 0. The predicted octanol–water partition coefficient (Wildman–Crippen LogP) is -2.65. The summed E-state index contributed by atoms with van der Waals surface area (Å²) in [5.41, 5.74) is 0. The Hall–Kier alpha value is 3.28. The van der Waals surface area contributed by atoms with Gasteiger partial charge in [0.2, 0.25) is 0 Å². The van der Waals surface area contributed by atoms with Crippen molar-refractivity contribution in [2.75, 3.05) is 0 Å². The van der Waals surface area contributed by atoms with E-state index in [9.17, 15) is 0 Å². The van der Waals surface area contributed by atoms with Crippen LogP contribution >= 0.6 is 0 Å². The van der Waals surface area contributed by atoms with Crippen LogP contribution in [0, 0.1) is 0 Å². The van der Waals surface area contributed by atoms with Crippen LogP contribution in [-0.2, 0) is 91.1 Å². The van der Waals surface area contributed by atoms with Gasteiger partial charge in [-0.3, -0.25) is 0 Å². The maximum Gasteiger partial charge on any atom is 0.0814 e. The van der Waals surface area contributed by atoms with Crippen molar-refractivity contribution in [3.63, 3.8) is 0 Å². The molecule has 0 fully saturated rings. The van der Waals surface area contributed by atoms with Gasteiger partial charge >= 0.3 is 0 Å². The summed E-state index contributed by atoms with van der Waals surface area (Å²) >= 11 is 0. The zero-order chi connectivity index (χ0) is 0. The van der Waals surface area contributed by atoms with Gasteiger partial charge in [0.15, 0.2) is 0 Å². The first-order valence-electron chi connectivity index (χ1n) is 0. The second-order valence-corrected chi connectivity index (χ2v) is 0. The van der Waals surface area contributed by atoms with Crippen molar-refractivity contribution in [3.05, 3.63) is 0 Å². The van der Waals surface area contributed by atoms with E-state index < -0.39 is 0 Å². The topological polar surface area (TPSA) is 0 Å². The van der Waals surface area contributed by atoms with Crippen LogP contribution in [0.15, 0.2) is 0 Å². The van der Waals surface area contributed by atoms with E-state index in [-0.39, 0.29) is 111 Å². The molecular weight excluding hydrogens is 408 g/mol. The van der Waals surface area contributed by atoms with Crippen molar-refractivity contribution < 1.29 is 91.1 Å². The third-order valence-corrected chi connectivity index (χ3v) is 0. The van der Waals surface area contributed by atoms with E-state index >= 15 is 0 Å². The largest absolute Gasteiger partial charge is 0.0814 e. The summed E-state index contributed by atoms with van der Waals surface area (Å²) < 4.78 is 0. The third-order valence-electron chi connectivity index (χ3n) is 0. The first-order chi connectivity index (χ1) is 0. The van der Waals surface area contributed by atoms with Gasteiger partial charge < -0.3 is 0 Å². The molecule has 0 N–H and O–H groups in total. The molecule has 6 heteroatoms. The second-order valence-electron chi connectivity index (χ2n) is 0. The third kappa shape index (κ3) is 26.7. The van der Waals surface area contributed by atoms with Gasteiger partial charge in [-0.1, -0.05) is 0 Å². The molecule has 0 radical (unpaired) electrons. The zero-order valence-electron chi connectivity index (χ0n) is 1.91. The normalized spacial score (nSPS) is 0. The molecular formula is H7BCrHfSiTiZr. The monoisotopic (exact) mass is 416 g/mol. The second kappa shape index (κ2) is 40.8. The van der Waals surface area contributed by atoms with Gasteiger partial charge in [-0.2, -0.15) is 0 Å². The van der Waals surface area contributed by atoms with Crippen molar-refractivity contribution in [1.82, 2.24) is 0 Å². The minimum atomic E-state index is 0. The summed E-state index contributed by atoms with van der Waals surface area (Å²) in [6.07, 6.45) is 0. The Kier molecular flexibility index (Phi) is 402. The average molecular weight is 416 g/mol. The van der Waals surface area contributed by atoms with Crippen LogP contribution in [0.3, 0.4) is 0 Å². The Bertz CT molecular complexity index is 15.5. The molecule has 0 saturated heterocycles. The summed E-state index contributed by atoms with van der Waals surface area (Å²) in [7, 11) is 0. The van der Waals surface area contributed by atoms with Gasteiger partial charge in [0, 0.05) is 91.1 Å². The van der Waals surface area contributed by atoms with Crippen LogP contribution in [0.4, 0.5) is 0 Å². The quantitative estimate of drug-likeness (QED) is 0.380. The van der Waals surface area contributed by atoms with Crippen LogP contribution < -0.4 is 0 Å². The SMILES string of the molecule is B.[Cr].[Hf].[SiH4].[Ti].[Zr]. The van der Waals surface area contributed by atoms with Crippen molar-refractivity contribution >= 4 is 19.4 Å². The van der Waals surface area contributed by atoms with Crippen molar-refractivity contribution in [3.8, 4) is 0 Å². The van der Waals surface area contributed by atoms with Gasteiger partial charge in [-0.15, -0.1) is 0 Å². The molecule has 0 aliphatic heterocycles. The number of rotatable bonds is 0. The van der Waals surface area contributed by atoms with E-state index in [4.69, 9.17) is 0 Å². The molecule has 0 nitrogen and oxygen atoms in total. The summed E-state index contributed by atoms with van der Waals surface area (Å²) in [4.78, 5) is 0. The van der Waals surface area contributed by atoms with Crippen molar-refractivity contribution in [2.45, 2.75) is 0 Å². The van der Waals surface area contributed by atoms with E-state index in [1.54, 1.807) is 0 Å². The summed E-state index contributed by atoms with van der Waals surface area (Å²) in [5, 5.41) is 0. The molecule has 0 aromatic carbocycles.